The summed E-state index contributed by atoms with van der Waals surface area (Å²) in [6, 6.07) is 15.4. The molecular weight excluding hydrogens is 278 g/mol. The predicted molar refractivity (Wildman–Crippen MR) is 85.4 cm³/mol. The number of aromatic nitrogens is 1. The number of hydrogen-bond acceptors (Lipinski definition) is 4. The Bertz CT molecular complexity index is 665. The molecule has 1 heterocycles. The summed E-state index contributed by atoms with van der Waals surface area (Å²) in [6.45, 7) is 1.35. The fraction of sp³-hybridized carbons (Fsp3) is 0.222. The highest BCUT2D eigenvalue weighted by atomic mass is 16.3. The molecule has 1 atom stereocenters. The lowest BCUT2D eigenvalue weighted by Gasteiger charge is -2.10. The summed E-state index contributed by atoms with van der Waals surface area (Å²) in [4.78, 5) is 15.4. The fourth-order valence-electron chi connectivity index (χ4n) is 2.21. The van der Waals surface area contributed by atoms with Gasteiger partial charge in [0, 0.05) is 30.2 Å². The van der Waals surface area contributed by atoms with Crippen molar-refractivity contribution in [3.63, 3.8) is 0 Å². The predicted octanol–water partition coefficient (Wildman–Crippen LogP) is 3.07. The second-order valence-corrected chi connectivity index (χ2v) is 5.19. The number of pyridine rings is 1. The van der Waals surface area contributed by atoms with Gasteiger partial charge in [-0.15, -0.1) is 0 Å². The van der Waals surface area contributed by atoms with E-state index in [-0.39, 0.29) is 18.0 Å². The van der Waals surface area contributed by atoms with E-state index in [0.717, 1.165) is 23.0 Å². The van der Waals surface area contributed by atoms with Gasteiger partial charge in [-0.05, 0) is 19.1 Å². The second kappa shape index (κ2) is 7.52. The van der Waals surface area contributed by atoms with E-state index in [0.29, 0.717) is 6.42 Å². The van der Waals surface area contributed by atoms with E-state index in [4.69, 9.17) is 0 Å². The molecule has 4 nitrogen and oxygen atoms in total. The lowest BCUT2D eigenvalue weighted by molar-refractivity contribution is -0.112. The van der Waals surface area contributed by atoms with Crippen LogP contribution in [0.15, 0.2) is 60.4 Å². The van der Waals surface area contributed by atoms with Gasteiger partial charge in [0.1, 0.15) is 0 Å². The summed E-state index contributed by atoms with van der Waals surface area (Å²) in [5.41, 5.74) is 2.59. The smallest absolute Gasteiger partial charge is 0.155 e. The molecule has 0 radical (unpaired) electrons. The number of carbonyl (C=O) groups is 1. The minimum Gasteiger partial charge on any atom is -0.512 e. The Kier molecular flexibility index (Phi) is 5.44. The third kappa shape index (κ3) is 4.82. The van der Waals surface area contributed by atoms with Crippen molar-refractivity contribution in [1.82, 2.24) is 4.98 Å². The molecule has 0 bridgehead atoms. The van der Waals surface area contributed by atoms with Crippen LogP contribution in [-0.4, -0.2) is 27.1 Å². The van der Waals surface area contributed by atoms with Crippen LogP contribution in [0.2, 0.25) is 0 Å². The molecule has 22 heavy (non-hydrogen) atoms. The number of aliphatic hydroxyl groups excluding tert-OH is 2. The molecule has 0 aliphatic rings. The van der Waals surface area contributed by atoms with Crippen molar-refractivity contribution in [2.24, 2.45) is 0 Å². The first kappa shape index (κ1) is 15.9. The van der Waals surface area contributed by atoms with Crippen LogP contribution in [-0.2, 0) is 11.2 Å². The Morgan fingerprint density at radius 2 is 1.91 bits per heavy atom. The maximum Gasteiger partial charge on any atom is 0.155 e. The number of hydrogen-bond donors (Lipinski definition) is 2. The van der Waals surface area contributed by atoms with E-state index in [1.54, 1.807) is 0 Å². The van der Waals surface area contributed by atoms with Gasteiger partial charge in [-0.3, -0.25) is 9.78 Å². The van der Waals surface area contributed by atoms with E-state index in [1.807, 2.05) is 48.5 Å². The summed E-state index contributed by atoms with van der Waals surface area (Å²) in [6.07, 6.45) is 0.693. The number of aliphatic hydroxyl groups is 2. The van der Waals surface area contributed by atoms with E-state index in [1.165, 1.54) is 6.92 Å². The summed E-state index contributed by atoms with van der Waals surface area (Å²) >= 11 is 0. The van der Waals surface area contributed by atoms with Crippen molar-refractivity contribution < 1.29 is 15.0 Å². The van der Waals surface area contributed by atoms with Gasteiger partial charge in [0.15, 0.2) is 5.78 Å². The van der Waals surface area contributed by atoms with Crippen molar-refractivity contribution >= 4 is 5.78 Å². The Balaban J connectivity index is 2.06. The molecule has 2 N–H and O–H groups in total. The summed E-state index contributed by atoms with van der Waals surface area (Å²) in [5, 5.41) is 19.6. The highest BCUT2D eigenvalue weighted by Gasteiger charge is 2.10. The van der Waals surface area contributed by atoms with Crippen molar-refractivity contribution in [2.75, 3.05) is 0 Å². The molecule has 1 unspecified atom stereocenters. The Morgan fingerprint density at radius 3 is 2.59 bits per heavy atom. The van der Waals surface area contributed by atoms with Crippen LogP contribution < -0.4 is 0 Å². The highest BCUT2D eigenvalue weighted by Crippen LogP contribution is 2.17. The lowest BCUT2D eigenvalue weighted by Crippen LogP contribution is -2.13. The minimum atomic E-state index is -0.783. The zero-order valence-corrected chi connectivity index (χ0v) is 12.4. The first-order chi connectivity index (χ1) is 10.5. The molecule has 1 aromatic heterocycles. The summed E-state index contributed by atoms with van der Waals surface area (Å²) in [7, 11) is 0. The quantitative estimate of drug-likeness (QED) is 0.635. The van der Waals surface area contributed by atoms with E-state index < -0.39 is 6.10 Å². The van der Waals surface area contributed by atoms with Crippen LogP contribution >= 0.6 is 0 Å². The van der Waals surface area contributed by atoms with Crippen LogP contribution in [0.5, 0.6) is 0 Å². The van der Waals surface area contributed by atoms with Gasteiger partial charge in [-0.1, -0.05) is 36.4 Å². The first-order valence-corrected chi connectivity index (χ1v) is 7.14. The summed E-state index contributed by atoms with van der Waals surface area (Å²) in [5.74, 6) is -0.354. The van der Waals surface area contributed by atoms with Crippen molar-refractivity contribution in [2.45, 2.75) is 25.9 Å². The van der Waals surface area contributed by atoms with Crippen LogP contribution in [0, 0.1) is 0 Å². The standard InChI is InChI=1S/C18H19NO3/c1-13(20)10-16(21)12-17(22)11-15-8-5-9-18(19-15)14-6-3-2-4-7-14/h2-10,17,21-22H,11-12H2,1H3. The fourth-order valence-corrected chi connectivity index (χ4v) is 2.21. The second-order valence-electron chi connectivity index (χ2n) is 5.19. The van der Waals surface area contributed by atoms with Gasteiger partial charge in [0.05, 0.1) is 17.6 Å². The van der Waals surface area contributed by atoms with Crippen LogP contribution in [0.25, 0.3) is 11.3 Å². The number of allylic oxidation sites excluding steroid dienone is 1. The molecule has 0 aliphatic carbocycles. The minimum absolute atomic E-state index is 0.0385. The number of carbonyl (C=O) groups excluding carboxylic acids is 1. The number of rotatable bonds is 6. The Morgan fingerprint density at radius 1 is 1.18 bits per heavy atom. The third-order valence-corrected chi connectivity index (χ3v) is 3.14. The Labute approximate surface area is 129 Å². The zero-order chi connectivity index (χ0) is 15.9. The first-order valence-electron chi connectivity index (χ1n) is 7.14. The van der Waals surface area contributed by atoms with Gasteiger partial charge >= 0.3 is 0 Å². The van der Waals surface area contributed by atoms with Gasteiger partial charge in [0.2, 0.25) is 0 Å². The van der Waals surface area contributed by atoms with Crippen LogP contribution in [0.1, 0.15) is 19.0 Å². The molecule has 1 aromatic carbocycles. The molecule has 0 aliphatic heterocycles. The van der Waals surface area contributed by atoms with E-state index >= 15 is 0 Å². The lowest BCUT2D eigenvalue weighted by atomic mass is 10.1. The van der Waals surface area contributed by atoms with Crippen LogP contribution in [0.4, 0.5) is 0 Å². The van der Waals surface area contributed by atoms with Crippen molar-refractivity contribution in [3.05, 3.63) is 66.1 Å². The normalized spacial score (nSPS) is 12.9. The zero-order valence-electron chi connectivity index (χ0n) is 12.4. The van der Waals surface area contributed by atoms with Gasteiger partial charge in [-0.2, -0.15) is 0 Å². The molecule has 114 valence electrons. The maximum atomic E-state index is 10.9. The molecule has 4 heteroatoms. The van der Waals surface area contributed by atoms with Gasteiger partial charge in [0.25, 0.3) is 0 Å². The molecule has 2 aromatic rings. The summed E-state index contributed by atoms with van der Waals surface area (Å²) < 4.78 is 0. The molecule has 0 spiro atoms. The molecule has 0 amide bonds. The SMILES string of the molecule is CC(=O)C=C(O)CC(O)Cc1cccc(-c2ccccc2)n1. The molecule has 2 rings (SSSR count). The average Bonchev–Trinajstić information content (AvgIpc) is 2.47. The number of benzene rings is 1. The monoisotopic (exact) mass is 297 g/mol. The molecule has 0 saturated carbocycles. The van der Waals surface area contributed by atoms with Crippen molar-refractivity contribution in [1.29, 1.82) is 0 Å². The van der Waals surface area contributed by atoms with Crippen molar-refractivity contribution in [3.8, 4) is 11.3 Å². The van der Waals surface area contributed by atoms with Crippen LogP contribution in [0.3, 0.4) is 0 Å². The van der Waals surface area contributed by atoms with Gasteiger partial charge < -0.3 is 10.2 Å². The molecular formula is C18H19NO3. The Hall–Kier alpha value is -2.46. The maximum absolute atomic E-state index is 10.9. The van der Waals surface area contributed by atoms with E-state index in [9.17, 15) is 15.0 Å². The average molecular weight is 297 g/mol. The number of ketones is 1. The number of nitrogens with zero attached hydrogens (tertiary/aromatic N) is 1. The third-order valence-electron chi connectivity index (χ3n) is 3.14. The topological polar surface area (TPSA) is 70.4 Å². The van der Waals surface area contributed by atoms with E-state index in [2.05, 4.69) is 4.98 Å². The molecule has 0 fully saturated rings. The highest BCUT2D eigenvalue weighted by molar-refractivity contribution is 5.87. The largest absolute Gasteiger partial charge is 0.512 e. The molecule has 0 saturated heterocycles. The van der Waals surface area contributed by atoms with Gasteiger partial charge in [-0.25, -0.2) is 0 Å².